The van der Waals surface area contributed by atoms with Gasteiger partial charge in [-0.15, -0.1) is 11.8 Å². The first-order valence-electron chi connectivity index (χ1n) is 6.32. The van der Waals surface area contributed by atoms with Crippen LogP contribution in [0.4, 0.5) is 0 Å². The summed E-state index contributed by atoms with van der Waals surface area (Å²) in [5, 5.41) is 3.23. The molecule has 0 aliphatic heterocycles. The Morgan fingerprint density at radius 1 is 1.05 bits per heavy atom. The molecule has 0 saturated heterocycles. The molecule has 0 saturated carbocycles. The first kappa shape index (κ1) is 14.0. The van der Waals surface area contributed by atoms with Crippen LogP contribution in [0.2, 0.25) is 0 Å². The van der Waals surface area contributed by atoms with Crippen LogP contribution in [-0.4, -0.2) is 13.3 Å². The van der Waals surface area contributed by atoms with Gasteiger partial charge in [-0.2, -0.15) is 0 Å². The van der Waals surface area contributed by atoms with Crippen molar-refractivity contribution in [1.29, 1.82) is 0 Å². The van der Waals surface area contributed by atoms with E-state index in [4.69, 9.17) is 4.74 Å². The number of nitrogens with one attached hydrogen (secondary N) is 1. The lowest BCUT2D eigenvalue weighted by atomic mass is 10.1. The molecule has 0 bridgehead atoms. The molecule has 2 rings (SSSR count). The van der Waals surface area contributed by atoms with E-state index in [1.807, 2.05) is 31.3 Å². The fourth-order valence-electron chi connectivity index (χ4n) is 1.79. The summed E-state index contributed by atoms with van der Waals surface area (Å²) < 4.78 is 5.88. The van der Waals surface area contributed by atoms with Gasteiger partial charge in [0.2, 0.25) is 0 Å². The molecule has 0 aliphatic rings. The van der Waals surface area contributed by atoms with Crippen LogP contribution in [0.5, 0.6) is 11.5 Å². The minimum atomic E-state index is 0.322. The third kappa shape index (κ3) is 3.75. The summed E-state index contributed by atoms with van der Waals surface area (Å²) in [7, 11) is 1.96. The average Bonchev–Trinajstić information content (AvgIpc) is 2.47. The largest absolute Gasteiger partial charge is 0.457 e. The van der Waals surface area contributed by atoms with Gasteiger partial charge in [-0.3, -0.25) is 0 Å². The van der Waals surface area contributed by atoms with E-state index >= 15 is 0 Å². The molecule has 0 fully saturated rings. The van der Waals surface area contributed by atoms with Gasteiger partial charge in [0.1, 0.15) is 11.5 Å². The van der Waals surface area contributed by atoms with E-state index in [0.29, 0.717) is 6.04 Å². The molecule has 2 nitrogen and oxygen atoms in total. The Morgan fingerprint density at radius 3 is 2.42 bits per heavy atom. The van der Waals surface area contributed by atoms with Gasteiger partial charge in [0, 0.05) is 10.9 Å². The predicted molar refractivity (Wildman–Crippen MR) is 82.2 cm³/mol. The zero-order valence-corrected chi connectivity index (χ0v) is 12.3. The monoisotopic (exact) mass is 273 g/mol. The lowest BCUT2D eigenvalue weighted by Crippen LogP contribution is -2.11. The highest BCUT2D eigenvalue weighted by atomic mass is 32.2. The summed E-state index contributed by atoms with van der Waals surface area (Å²) in [6.45, 7) is 2.13. The van der Waals surface area contributed by atoms with Crippen LogP contribution in [0.15, 0.2) is 53.4 Å². The van der Waals surface area contributed by atoms with Crippen molar-refractivity contribution in [3.05, 3.63) is 54.1 Å². The van der Waals surface area contributed by atoms with Gasteiger partial charge in [0.15, 0.2) is 0 Å². The van der Waals surface area contributed by atoms with Crippen molar-refractivity contribution in [2.24, 2.45) is 0 Å². The van der Waals surface area contributed by atoms with Crippen LogP contribution in [0.3, 0.4) is 0 Å². The number of rotatable bonds is 5. The van der Waals surface area contributed by atoms with Crippen molar-refractivity contribution in [3.63, 3.8) is 0 Å². The first-order chi connectivity index (χ1) is 9.22. The van der Waals surface area contributed by atoms with E-state index in [9.17, 15) is 0 Å². The SMILES string of the molecule is CNC(C)c1cccc(Oc2ccc(SC)cc2)c1. The van der Waals surface area contributed by atoms with Crippen molar-refractivity contribution < 1.29 is 4.74 Å². The van der Waals surface area contributed by atoms with Crippen LogP contribution in [0.25, 0.3) is 0 Å². The molecule has 3 heteroatoms. The van der Waals surface area contributed by atoms with Crippen molar-refractivity contribution in [2.45, 2.75) is 17.9 Å². The summed E-state index contributed by atoms with van der Waals surface area (Å²) in [5.74, 6) is 1.74. The second-order valence-electron chi connectivity index (χ2n) is 4.36. The molecule has 0 radical (unpaired) electrons. The van der Waals surface area contributed by atoms with Crippen LogP contribution in [-0.2, 0) is 0 Å². The second kappa shape index (κ2) is 6.64. The Kier molecular flexibility index (Phi) is 4.88. The topological polar surface area (TPSA) is 21.3 Å². The molecule has 19 heavy (non-hydrogen) atoms. The fourth-order valence-corrected chi connectivity index (χ4v) is 2.20. The number of hydrogen-bond acceptors (Lipinski definition) is 3. The van der Waals surface area contributed by atoms with Gasteiger partial charge in [-0.05, 0) is 62.2 Å². The van der Waals surface area contributed by atoms with Crippen molar-refractivity contribution in [1.82, 2.24) is 5.32 Å². The Balaban J connectivity index is 2.13. The van der Waals surface area contributed by atoms with Gasteiger partial charge in [0.05, 0.1) is 0 Å². The number of benzene rings is 2. The molecule has 1 unspecified atom stereocenters. The first-order valence-corrected chi connectivity index (χ1v) is 7.54. The van der Waals surface area contributed by atoms with Gasteiger partial charge in [-0.25, -0.2) is 0 Å². The van der Waals surface area contributed by atoms with Gasteiger partial charge in [-0.1, -0.05) is 12.1 Å². The summed E-state index contributed by atoms with van der Waals surface area (Å²) in [5.41, 5.74) is 1.22. The molecule has 1 N–H and O–H groups in total. The van der Waals surface area contributed by atoms with Crippen molar-refractivity contribution in [2.75, 3.05) is 13.3 Å². The van der Waals surface area contributed by atoms with E-state index in [-0.39, 0.29) is 0 Å². The van der Waals surface area contributed by atoms with Gasteiger partial charge in [0.25, 0.3) is 0 Å². The third-order valence-corrected chi connectivity index (χ3v) is 3.83. The van der Waals surface area contributed by atoms with E-state index in [1.165, 1.54) is 10.5 Å². The lowest BCUT2D eigenvalue weighted by Gasteiger charge is -2.12. The second-order valence-corrected chi connectivity index (χ2v) is 5.24. The van der Waals surface area contributed by atoms with Crippen LogP contribution in [0.1, 0.15) is 18.5 Å². The third-order valence-electron chi connectivity index (χ3n) is 3.09. The molecule has 0 heterocycles. The molecule has 2 aromatic rings. The highest BCUT2D eigenvalue weighted by Crippen LogP contribution is 2.26. The highest BCUT2D eigenvalue weighted by molar-refractivity contribution is 7.98. The summed E-state index contributed by atoms with van der Waals surface area (Å²) in [6, 6.07) is 16.6. The molecule has 0 aliphatic carbocycles. The maximum absolute atomic E-state index is 5.88. The van der Waals surface area contributed by atoms with E-state index < -0.39 is 0 Å². The molecule has 2 aromatic carbocycles. The van der Waals surface area contributed by atoms with Crippen molar-refractivity contribution in [3.8, 4) is 11.5 Å². The quantitative estimate of drug-likeness (QED) is 0.811. The van der Waals surface area contributed by atoms with Crippen LogP contribution >= 0.6 is 11.8 Å². The average molecular weight is 273 g/mol. The minimum Gasteiger partial charge on any atom is -0.457 e. The molecule has 1 atom stereocenters. The fraction of sp³-hybridized carbons (Fsp3) is 0.250. The zero-order chi connectivity index (χ0) is 13.7. The van der Waals surface area contributed by atoms with Crippen LogP contribution in [0, 0.1) is 0 Å². The highest BCUT2D eigenvalue weighted by Gasteiger charge is 2.04. The minimum absolute atomic E-state index is 0.322. The van der Waals surface area contributed by atoms with Crippen molar-refractivity contribution >= 4 is 11.8 Å². The lowest BCUT2D eigenvalue weighted by molar-refractivity contribution is 0.480. The van der Waals surface area contributed by atoms with Gasteiger partial charge >= 0.3 is 0 Å². The maximum atomic E-state index is 5.88. The van der Waals surface area contributed by atoms with E-state index in [0.717, 1.165) is 11.5 Å². The predicted octanol–water partition coefficient (Wildman–Crippen LogP) is 4.48. The number of hydrogen-bond donors (Lipinski definition) is 1. The summed E-state index contributed by atoms with van der Waals surface area (Å²) in [4.78, 5) is 1.24. The van der Waals surface area contributed by atoms with E-state index in [2.05, 4.69) is 42.8 Å². The molecule has 0 aromatic heterocycles. The number of ether oxygens (including phenoxy) is 1. The summed E-state index contributed by atoms with van der Waals surface area (Å²) >= 11 is 1.73. The zero-order valence-electron chi connectivity index (χ0n) is 11.5. The van der Waals surface area contributed by atoms with E-state index in [1.54, 1.807) is 11.8 Å². The summed E-state index contributed by atoms with van der Waals surface area (Å²) in [6.07, 6.45) is 2.07. The van der Waals surface area contributed by atoms with Gasteiger partial charge < -0.3 is 10.1 Å². The molecule has 0 amide bonds. The molecule has 100 valence electrons. The molecular weight excluding hydrogens is 254 g/mol. The Labute approximate surface area is 119 Å². The van der Waals surface area contributed by atoms with Crippen LogP contribution < -0.4 is 10.1 Å². The molecular formula is C16H19NOS. The Hall–Kier alpha value is -1.45. The standard InChI is InChI=1S/C16H19NOS/c1-12(17-2)13-5-4-6-15(11-13)18-14-7-9-16(19-3)10-8-14/h4-12,17H,1-3H3. The molecule has 0 spiro atoms. The smallest absolute Gasteiger partial charge is 0.127 e. The maximum Gasteiger partial charge on any atom is 0.127 e. The Morgan fingerprint density at radius 2 is 1.79 bits per heavy atom. The Bertz CT molecular complexity index is 525. The number of thioether (sulfide) groups is 1. The normalized spacial score (nSPS) is 12.2.